The lowest BCUT2D eigenvalue weighted by molar-refractivity contribution is 0.526. The highest BCUT2D eigenvalue weighted by atomic mass is 15.0. The Labute approximate surface area is 114 Å². The van der Waals surface area contributed by atoms with E-state index in [1.165, 1.54) is 35.3 Å². The van der Waals surface area contributed by atoms with Crippen LogP contribution in [0.4, 0.5) is 5.69 Å². The quantitative estimate of drug-likeness (QED) is 0.908. The van der Waals surface area contributed by atoms with Crippen molar-refractivity contribution in [3.8, 4) is 11.3 Å². The molecule has 3 rings (SSSR count). The first-order valence-electron chi connectivity index (χ1n) is 7.12. The maximum Gasteiger partial charge on any atom is 0.0951 e. The number of hydrogen-bond donors (Lipinski definition) is 1. The van der Waals surface area contributed by atoms with E-state index in [-0.39, 0.29) is 0 Å². The Morgan fingerprint density at radius 1 is 1.37 bits per heavy atom. The van der Waals surface area contributed by atoms with E-state index in [9.17, 15) is 0 Å². The molecule has 1 aromatic heterocycles. The van der Waals surface area contributed by atoms with E-state index in [1.54, 1.807) is 0 Å². The standard InChI is InChI=1S/C16H21N3/c1-12(2)10-19-11-17-9-15(19)14-7-3-5-13-6-4-8-18-16(13)14/h3,5,7,9,11-12,18H,4,6,8,10H2,1-2H3. The van der Waals surface area contributed by atoms with Gasteiger partial charge in [0.1, 0.15) is 0 Å². The fraction of sp³-hybridized carbons (Fsp3) is 0.438. The number of imidazole rings is 1. The Morgan fingerprint density at radius 3 is 3.11 bits per heavy atom. The predicted octanol–water partition coefficient (Wildman–Crippen LogP) is 3.56. The number of hydrogen-bond acceptors (Lipinski definition) is 2. The van der Waals surface area contributed by atoms with Gasteiger partial charge in [0.25, 0.3) is 0 Å². The van der Waals surface area contributed by atoms with E-state index in [0.29, 0.717) is 5.92 Å². The van der Waals surface area contributed by atoms with Gasteiger partial charge < -0.3 is 9.88 Å². The molecule has 0 aliphatic carbocycles. The van der Waals surface area contributed by atoms with E-state index < -0.39 is 0 Å². The molecule has 1 N–H and O–H groups in total. The molecule has 0 amide bonds. The molecular formula is C16H21N3. The van der Waals surface area contributed by atoms with Crippen LogP contribution in [-0.4, -0.2) is 16.1 Å². The molecular weight excluding hydrogens is 234 g/mol. The normalized spacial score (nSPS) is 14.3. The number of nitrogens with zero attached hydrogens (tertiary/aromatic N) is 2. The highest BCUT2D eigenvalue weighted by molar-refractivity contribution is 5.78. The lowest BCUT2D eigenvalue weighted by atomic mass is 9.98. The molecule has 0 saturated heterocycles. The highest BCUT2D eigenvalue weighted by Gasteiger charge is 2.16. The Hall–Kier alpha value is -1.77. The molecule has 1 aliphatic heterocycles. The van der Waals surface area contributed by atoms with Crippen LogP contribution >= 0.6 is 0 Å². The minimum atomic E-state index is 0.625. The Kier molecular flexibility index (Phi) is 3.28. The van der Waals surface area contributed by atoms with Crippen molar-refractivity contribution in [1.29, 1.82) is 0 Å². The van der Waals surface area contributed by atoms with Crippen LogP contribution in [0.25, 0.3) is 11.3 Å². The van der Waals surface area contributed by atoms with Gasteiger partial charge in [0.15, 0.2) is 0 Å². The van der Waals surface area contributed by atoms with Gasteiger partial charge in [0.2, 0.25) is 0 Å². The average molecular weight is 255 g/mol. The smallest absolute Gasteiger partial charge is 0.0951 e. The molecule has 0 saturated carbocycles. The summed E-state index contributed by atoms with van der Waals surface area (Å²) in [5, 5.41) is 3.56. The summed E-state index contributed by atoms with van der Waals surface area (Å²) in [6, 6.07) is 6.59. The second-order valence-electron chi connectivity index (χ2n) is 5.70. The lowest BCUT2D eigenvalue weighted by Crippen LogP contribution is -2.13. The van der Waals surface area contributed by atoms with E-state index in [1.807, 2.05) is 12.5 Å². The van der Waals surface area contributed by atoms with Gasteiger partial charge in [-0.3, -0.25) is 0 Å². The SMILES string of the molecule is CC(C)Cn1cncc1-c1cccc2c1NCCC2. The van der Waals surface area contributed by atoms with Crippen molar-refractivity contribution < 1.29 is 0 Å². The summed E-state index contributed by atoms with van der Waals surface area (Å²) in [6.45, 7) is 6.56. The third kappa shape index (κ3) is 2.37. The van der Waals surface area contributed by atoms with Gasteiger partial charge in [0.05, 0.1) is 18.2 Å². The third-order valence-corrected chi connectivity index (χ3v) is 3.63. The maximum absolute atomic E-state index is 4.34. The summed E-state index contributed by atoms with van der Waals surface area (Å²) in [5.41, 5.74) is 5.25. The number of nitrogens with one attached hydrogen (secondary N) is 1. The van der Waals surface area contributed by atoms with Crippen LogP contribution in [0, 0.1) is 5.92 Å². The fourth-order valence-corrected chi connectivity index (χ4v) is 2.81. The molecule has 0 radical (unpaired) electrons. The lowest BCUT2D eigenvalue weighted by Gasteiger charge is -2.22. The maximum atomic E-state index is 4.34. The number of rotatable bonds is 3. The largest absolute Gasteiger partial charge is 0.384 e. The average Bonchev–Trinajstić information content (AvgIpc) is 2.85. The summed E-state index contributed by atoms with van der Waals surface area (Å²) >= 11 is 0. The van der Waals surface area contributed by atoms with Crippen LogP contribution in [0.3, 0.4) is 0 Å². The minimum Gasteiger partial charge on any atom is -0.384 e. The molecule has 100 valence electrons. The Morgan fingerprint density at radius 2 is 2.26 bits per heavy atom. The number of fused-ring (bicyclic) bond motifs is 1. The van der Waals surface area contributed by atoms with Crippen LogP contribution < -0.4 is 5.32 Å². The molecule has 2 aromatic rings. The number of aromatic nitrogens is 2. The van der Waals surface area contributed by atoms with Crippen molar-refractivity contribution >= 4 is 5.69 Å². The summed E-state index contributed by atoms with van der Waals surface area (Å²) in [6.07, 6.45) is 6.32. The summed E-state index contributed by atoms with van der Waals surface area (Å²) < 4.78 is 2.26. The first kappa shape index (κ1) is 12.3. The molecule has 19 heavy (non-hydrogen) atoms. The zero-order valence-electron chi connectivity index (χ0n) is 11.7. The van der Waals surface area contributed by atoms with Gasteiger partial charge in [-0.1, -0.05) is 32.0 Å². The number of anilines is 1. The molecule has 0 fully saturated rings. The Bertz CT molecular complexity index is 569. The van der Waals surface area contributed by atoms with Crippen LogP contribution in [0.15, 0.2) is 30.7 Å². The number of para-hydroxylation sites is 1. The van der Waals surface area contributed by atoms with Crippen LogP contribution in [0.1, 0.15) is 25.8 Å². The minimum absolute atomic E-state index is 0.625. The number of benzene rings is 1. The fourth-order valence-electron chi connectivity index (χ4n) is 2.81. The van der Waals surface area contributed by atoms with Crippen LogP contribution in [0.5, 0.6) is 0 Å². The van der Waals surface area contributed by atoms with E-state index in [0.717, 1.165) is 13.1 Å². The van der Waals surface area contributed by atoms with Gasteiger partial charge in [-0.05, 0) is 24.3 Å². The second kappa shape index (κ2) is 5.08. The van der Waals surface area contributed by atoms with Gasteiger partial charge in [-0.15, -0.1) is 0 Å². The molecule has 1 aliphatic rings. The van der Waals surface area contributed by atoms with Crippen molar-refractivity contribution in [2.24, 2.45) is 5.92 Å². The first-order valence-corrected chi connectivity index (χ1v) is 7.12. The third-order valence-electron chi connectivity index (χ3n) is 3.63. The van der Waals surface area contributed by atoms with E-state index in [4.69, 9.17) is 0 Å². The van der Waals surface area contributed by atoms with Gasteiger partial charge in [-0.25, -0.2) is 4.98 Å². The summed E-state index contributed by atoms with van der Waals surface area (Å²) in [5.74, 6) is 0.625. The monoisotopic (exact) mass is 255 g/mol. The van der Waals surface area contributed by atoms with Gasteiger partial charge >= 0.3 is 0 Å². The molecule has 0 bridgehead atoms. The predicted molar refractivity (Wildman–Crippen MR) is 79.3 cm³/mol. The van der Waals surface area contributed by atoms with E-state index >= 15 is 0 Å². The molecule has 0 spiro atoms. The van der Waals surface area contributed by atoms with Crippen LogP contribution in [0.2, 0.25) is 0 Å². The van der Waals surface area contributed by atoms with Crippen LogP contribution in [-0.2, 0) is 13.0 Å². The molecule has 3 nitrogen and oxygen atoms in total. The van der Waals surface area contributed by atoms with Crippen molar-refractivity contribution in [3.05, 3.63) is 36.3 Å². The Balaban J connectivity index is 2.05. The second-order valence-corrected chi connectivity index (χ2v) is 5.70. The first-order chi connectivity index (χ1) is 9.25. The zero-order valence-corrected chi connectivity index (χ0v) is 11.7. The van der Waals surface area contributed by atoms with Gasteiger partial charge in [0, 0.05) is 24.3 Å². The molecule has 1 aromatic carbocycles. The van der Waals surface area contributed by atoms with Gasteiger partial charge in [-0.2, -0.15) is 0 Å². The highest BCUT2D eigenvalue weighted by Crippen LogP contribution is 2.33. The zero-order chi connectivity index (χ0) is 13.2. The topological polar surface area (TPSA) is 29.9 Å². The van der Waals surface area contributed by atoms with Crippen molar-refractivity contribution in [2.75, 3.05) is 11.9 Å². The number of aryl methyl sites for hydroxylation is 1. The molecule has 0 unspecified atom stereocenters. The van der Waals surface area contributed by atoms with E-state index in [2.05, 4.69) is 46.9 Å². The van der Waals surface area contributed by atoms with Crippen molar-refractivity contribution in [2.45, 2.75) is 33.2 Å². The molecule has 0 atom stereocenters. The van der Waals surface area contributed by atoms with Crippen molar-refractivity contribution in [3.63, 3.8) is 0 Å². The molecule has 2 heterocycles. The van der Waals surface area contributed by atoms with Crippen molar-refractivity contribution in [1.82, 2.24) is 9.55 Å². The molecule has 3 heteroatoms. The summed E-state index contributed by atoms with van der Waals surface area (Å²) in [7, 11) is 0. The summed E-state index contributed by atoms with van der Waals surface area (Å²) in [4.78, 5) is 4.34.